The van der Waals surface area contributed by atoms with Gasteiger partial charge in [-0.2, -0.15) is 0 Å². The first-order valence-corrected chi connectivity index (χ1v) is 9.42. The van der Waals surface area contributed by atoms with Crippen LogP contribution in [0.25, 0.3) is 0 Å². The molecule has 25 heavy (non-hydrogen) atoms. The number of amides is 1. The highest BCUT2D eigenvalue weighted by Gasteiger charge is 2.11. The van der Waals surface area contributed by atoms with Gasteiger partial charge < -0.3 is 4.74 Å². The Bertz CT molecular complexity index is 880. The van der Waals surface area contributed by atoms with Gasteiger partial charge in [0.15, 0.2) is 4.34 Å². The molecule has 0 aliphatic carbocycles. The number of benzene rings is 2. The number of anilines is 1. The molecule has 2 aromatic carbocycles. The van der Waals surface area contributed by atoms with Crippen LogP contribution < -0.4 is 10.1 Å². The van der Waals surface area contributed by atoms with Gasteiger partial charge in [-0.3, -0.25) is 10.1 Å². The Hall–Kier alpha value is -2.38. The number of carbonyl (C=O) groups excluding carboxylic acids is 1. The maximum atomic E-state index is 12.3. The highest BCUT2D eigenvalue weighted by Crippen LogP contribution is 2.29. The number of aryl methyl sites for hydroxylation is 1. The number of rotatable bonds is 6. The highest BCUT2D eigenvalue weighted by molar-refractivity contribution is 8.00. The zero-order chi connectivity index (χ0) is 17.6. The van der Waals surface area contributed by atoms with Gasteiger partial charge in [-0.05, 0) is 36.2 Å². The smallest absolute Gasteiger partial charge is 0.257 e. The molecule has 0 atom stereocenters. The van der Waals surface area contributed by atoms with Gasteiger partial charge in [-0.1, -0.05) is 53.4 Å². The van der Waals surface area contributed by atoms with E-state index in [1.807, 2.05) is 12.1 Å². The first-order chi connectivity index (χ1) is 12.2. The molecule has 0 fully saturated rings. The van der Waals surface area contributed by atoms with Crippen molar-refractivity contribution in [1.82, 2.24) is 10.2 Å². The topological polar surface area (TPSA) is 64.1 Å². The van der Waals surface area contributed by atoms with E-state index in [1.165, 1.54) is 22.5 Å². The Morgan fingerprint density at radius 2 is 2.04 bits per heavy atom. The lowest BCUT2D eigenvalue weighted by atomic mass is 10.1. The van der Waals surface area contributed by atoms with Gasteiger partial charge in [0.2, 0.25) is 5.13 Å². The molecular formula is C18H17N3O2S2. The minimum Gasteiger partial charge on any atom is -0.497 e. The molecule has 1 amide bonds. The Kier molecular flexibility index (Phi) is 5.67. The molecule has 1 aromatic heterocycles. The molecule has 5 nitrogen and oxygen atoms in total. The second-order valence-electron chi connectivity index (χ2n) is 5.27. The van der Waals surface area contributed by atoms with Crippen molar-refractivity contribution in [1.29, 1.82) is 0 Å². The maximum Gasteiger partial charge on any atom is 0.257 e. The molecule has 0 aliphatic heterocycles. The van der Waals surface area contributed by atoms with Crippen molar-refractivity contribution in [3.05, 3.63) is 65.2 Å². The van der Waals surface area contributed by atoms with Gasteiger partial charge in [0.1, 0.15) is 5.75 Å². The quantitative estimate of drug-likeness (QED) is 0.514. The van der Waals surface area contributed by atoms with Crippen LogP contribution in [0.15, 0.2) is 52.9 Å². The van der Waals surface area contributed by atoms with E-state index in [0.29, 0.717) is 16.4 Å². The average molecular weight is 371 g/mol. The number of hydrogen-bond acceptors (Lipinski definition) is 6. The third kappa shape index (κ3) is 4.58. The number of ether oxygens (including phenoxy) is 1. The largest absolute Gasteiger partial charge is 0.497 e. The second kappa shape index (κ2) is 8.13. The van der Waals surface area contributed by atoms with Crippen LogP contribution in [0.4, 0.5) is 5.13 Å². The standard InChI is InChI=1S/C18H17N3O2S2/c1-12-6-3-4-7-14(12)11-24-18-21-20-17(25-18)19-16(22)13-8-5-9-15(10-13)23-2/h3-10H,11H2,1-2H3,(H,19,20,22). The summed E-state index contributed by atoms with van der Waals surface area (Å²) in [7, 11) is 1.57. The molecule has 0 spiro atoms. The van der Waals surface area contributed by atoms with E-state index < -0.39 is 0 Å². The SMILES string of the molecule is COc1cccc(C(=O)Nc2nnc(SCc3ccccc3C)s2)c1. The molecular weight excluding hydrogens is 354 g/mol. The number of nitrogens with one attached hydrogen (secondary N) is 1. The number of carbonyl (C=O) groups is 1. The number of hydrogen-bond donors (Lipinski definition) is 1. The summed E-state index contributed by atoms with van der Waals surface area (Å²) in [5, 5.41) is 11.4. The van der Waals surface area contributed by atoms with Gasteiger partial charge in [-0.25, -0.2) is 0 Å². The molecule has 0 radical (unpaired) electrons. The number of methoxy groups -OCH3 is 1. The van der Waals surface area contributed by atoms with Crippen molar-refractivity contribution >= 4 is 34.1 Å². The lowest BCUT2D eigenvalue weighted by Gasteiger charge is -2.03. The van der Waals surface area contributed by atoms with E-state index in [0.717, 1.165) is 10.1 Å². The van der Waals surface area contributed by atoms with Crippen molar-refractivity contribution in [2.45, 2.75) is 17.0 Å². The van der Waals surface area contributed by atoms with E-state index in [4.69, 9.17) is 4.74 Å². The first kappa shape index (κ1) is 17.4. The summed E-state index contributed by atoms with van der Waals surface area (Å²) in [5.41, 5.74) is 3.04. The summed E-state index contributed by atoms with van der Waals surface area (Å²) in [6.45, 7) is 2.09. The van der Waals surface area contributed by atoms with Crippen molar-refractivity contribution in [3.8, 4) is 5.75 Å². The average Bonchev–Trinajstić information content (AvgIpc) is 3.08. The molecule has 0 saturated carbocycles. The third-order valence-electron chi connectivity index (χ3n) is 3.57. The van der Waals surface area contributed by atoms with Gasteiger partial charge >= 0.3 is 0 Å². The van der Waals surface area contributed by atoms with Gasteiger partial charge in [0.25, 0.3) is 5.91 Å². The van der Waals surface area contributed by atoms with Crippen LogP contribution in [-0.4, -0.2) is 23.2 Å². The fourth-order valence-corrected chi connectivity index (χ4v) is 3.99. The maximum absolute atomic E-state index is 12.3. The molecule has 0 bridgehead atoms. The third-order valence-corrected chi connectivity index (χ3v) is 5.59. The van der Waals surface area contributed by atoms with Crippen molar-refractivity contribution < 1.29 is 9.53 Å². The Balaban J connectivity index is 1.61. The summed E-state index contributed by atoms with van der Waals surface area (Å²) >= 11 is 2.98. The number of thioether (sulfide) groups is 1. The molecule has 0 aliphatic rings. The summed E-state index contributed by atoms with van der Waals surface area (Å²) < 4.78 is 5.96. The van der Waals surface area contributed by atoms with Crippen LogP contribution in [0.1, 0.15) is 21.5 Å². The zero-order valence-electron chi connectivity index (χ0n) is 13.9. The molecule has 1 N–H and O–H groups in total. The van der Waals surface area contributed by atoms with Crippen molar-refractivity contribution in [2.75, 3.05) is 12.4 Å². The fourth-order valence-electron chi connectivity index (χ4n) is 2.16. The van der Waals surface area contributed by atoms with Crippen LogP contribution in [0.2, 0.25) is 0 Å². The molecule has 3 aromatic rings. The van der Waals surface area contributed by atoms with E-state index in [1.54, 1.807) is 43.1 Å². The van der Waals surface area contributed by atoms with Gasteiger partial charge in [0, 0.05) is 11.3 Å². The molecule has 1 heterocycles. The number of aromatic nitrogens is 2. The molecule has 128 valence electrons. The first-order valence-electron chi connectivity index (χ1n) is 7.62. The lowest BCUT2D eigenvalue weighted by Crippen LogP contribution is -2.11. The molecule has 3 rings (SSSR count). The number of nitrogens with zero attached hydrogens (tertiary/aromatic N) is 2. The fraction of sp³-hybridized carbons (Fsp3) is 0.167. The van der Waals surface area contributed by atoms with Gasteiger partial charge in [-0.15, -0.1) is 10.2 Å². The van der Waals surface area contributed by atoms with E-state index >= 15 is 0 Å². The summed E-state index contributed by atoms with van der Waals surface area (Å²) in [4.78, 5) is 12.3. The molecule has 7 heteroatoms. The zero-order valence-corrected chi connectivity index (χ0v) is 15.5. The lowest BCUT2D eigenvalue weighted by molar-refractivity contribution is 0.102. The van der Waals surface area contributed by atoms with Crippen LogP contribution in [0, 0.1) is 6.92 Å². The Morgan fingerprint density at radius 3 is 2.84 bits per heavy atom. The predicted molar refractivity (Wildman–Crippen MR) is 102 cm³/mol. The monoisotopic (exact) mass is 371 g/mol. The van der Waals surface area contributed by atoms with Gasteiger partial charge in [0.05, 0.1) is 7.11 Å². The van der Waals surface area contributed by atoms with Crippen LogP contribution in [-0.2, 0) is 5.75 Å². The van der Waals surface area contributed by atoms with Crippen LogP contribution in [0.5, 0.6) is 5.75 Å². The molecule has 0 saturated heterocycles. The second-order valence-corrected chi connectivity index (χ2v) is 7.47. The Morgan fingerprint density at radius 1 is 1.20 bits per heavy atom. The summed E-state index contributed by atoms with van der Waals surface area (Å²) in [6.07, 6.45) is 0. The molecule has 0 unspecified atom stereocenters. The minimum absolute atomic E-state index is 0.231. The van der Waals surface area contributed by atoms with E-state index in [-0.39, 0.29) is 5.91 Å². The van der Waals surface area contributed by atoms with Crippen LogP contribution >= 0.6 is 23.1 Å². The highest BCUT2D eigenvalue weighted by atomic mass is 32.2. The predicted octanol–water partition coefficient (Wildman–Crippen LogP) is 4.40. The van der Waals surface area contributed by atoms with E-state index in [9.17, 15) is 4.79 Å². The van der Waals surface area contributed by atoms with Crippen molar-refractivity contribution in [3.63, 3.8) is 0 Å². The normalized spacial score (nSPS) is 10.5. The summed E-state index contributed by atoms with van der Waals surface area (Å²) in [5.74, 6) is 1.23. The minimum atomic E-state index is -0.231. The van der Waals surface area contributed by atoms with Crippen molar-refractivity contribution in [2.24, 2.45) is 0 Å². The summed E-state index contributed by atoms with van der Waals surface area (Å²) in [6, 6.07) is 15.2. The van der Waals surface area contributed by atoms with E-state index in [2.05, 4.69) is 34.6 Å². The van der Waals surface area contributed by atoms with Crippen LogP contribution in [0.3, 0.4) is 0 Å². The Labute approximate surface area is 154 Å².